The van der Waals surface area contributed by atoms with E-state index in [1.165, 1.54) is 4.90 Å². The van der Waals surface area contributed by atoms with Crippen molar-refractivity contribution in [1.82, 2.24) is 10.2 Å². The average molecular weight is 276 g/mol. The smallest absolute Gasteiger partial charge is 0.321 e. The Morgan fingerprint density at radius 1 is 1.37 bits per heavy atom. The van der Waals surface area contributed by atoms with Crippen LogP contribution in [0.5, 0.6) is 0 Å². The third-order valence-corrected chi connectivity index (χ3v) is 3.76. The van der Waals surface area contributed by atoms with Crippen molar-refractivity contribution in [3.63, 3.8) is 0 Å². The van der Waals surface area contributed by atoms with Crippen LogP contribution in [0.25, 0.3) is 0 Å². The van der Waals surface area contributed by atoms with E-state index in [2.05, 4.69) is 5.32 Å². The molecule has 2 aliphatic rings. The number of hydrogen-bond donors (Lipinski definition) is 5. The number of nitrogens with zero attached hydrogens (tertiary/aromatic N) is 1. The Balaban J connectivity index is 2.10. The van der Waals surface area contributed by atoms with Crippen LogP contribution in [-0.2, 0) is 4.74 Å². The van der Waals surface area contributed by atoms with Crippen molar-refractivity contribution < 1.29 is 30.0 Å². The van der Waals surface area contributed by atoms with Gasteiger partial charge in [-0.25, -0.2) is 4.79 Å². The number of hydrogen-bond acceptors (Lipinski definition) is 6. The van der Waals surface area contributed by atoms with Gasteiger partial charge in [0.15, 0.2) is 6.23 Å². The van der Waals surface area contributed by atoms with Gasteiger partial charge in [-0.3, -0.25) is 4.90 Å². The van der Waals surface area contributed by atoms with E-state index in [0.29, 0.717) is 6.42 Å². The van der Waals surface area contributed by atoms with Gasteiger partial charge in [-0.2, -0.15) is 0 Å². The Morgan fingerprint density at radius 3 is 2.58 bits per heavy atom. The van der Waals surface area contributed by atoms with Crippen LogP contribution in [0.4, 0.5) is 4.79 Å². The van der Waals surface area contributed by atoms with Crippen LogP contribution in [0, 0.1) is 5.92 Å². The molecule has 2 amide bonds. The van der Waals surface area contributed by atoms with Gasteiger partial charge in [0.2, 0.25) is 0 Å². The Labute approximate surface area is 110 Å². The zero-order valence-electron chi connectivity index (χ0n) is 10.6. The third kappa shape index (κ3) is 2.54. The molecule has 2 saturated heterocycles. The minimum atomic E-state index is -1.28. The Hall–Kier alpha value is -0.930. The van der Waals surface area contributed by atoms with Crippen LogP contribution in [0.1, 0.15) is 13.3 Å². The highest BCUT2D eigenvalue weighted by Gasteiger charge is 2.48. The van der Waals surface area contributed by atoms with Gasteiger partial charge in [0, 0.05) is 12.5 Å². The largest absolute Gasteiger partial charge is 0.394 e. The van der Waals surface area contributed by atoms with Crippen molar-refractivity contribution in [2.45, 2.75) is 44.1 Å². The highest BCUT2D eigenvalue weighted by atomic mass is 16.6. The lowest BCUT2D eigenvalue weighted by molar-refractivity contribution is -0.0996. The molecule has 0 radical (unpaired) electrons. The number of nitrogens with one attached hydrogen (secondary N) is 1. The number of urea groups is 1. The second kappa shape index (κ2) is 5.59. The van der Waals surface area contributed by atoms with Gasteiger partial charge in [0.05, 0.1) is 6.61 Å². The van der Waals surface area contributed by atoms with Gasteiger partial charge in [0.1, 0.15) is 24.5 Å². The number of carbonyl (C=O) groups excluding carboxylic acids is 1. The molecule has 6 atom stereocenters. The molecule has 2 fully saturated rings. The summed E-state index contributed by atoms with van der Waals surface area (Å²) in [6.45, 7) is 1.65. The van der Waals surface area contributed by atoms with E-state index in [9.17, 15) is 20.1 Å². The summed E-state index contributed by atoms with van der Waals surface area (Å²) in [6.07, 6.45) is -4.74. The maximum Gasteiger partial charge on any atom is 0.321 e. The van der Waals surface area contributed by atoms with Crippen LogP contribution in [0.2, 0.25) is 0 Å². The molecule has 0 saturated carbocycles. The standard InChI is InChI=1S/C11H20N2O6/c1-2-5-3-13(11(18)12-9(5)17)10-8(16)7(15)6(4-14)19-10/h5-10,14-17H,2-4H2,1H3,(H,12,18)/t5?,6-,7-,8+,9?,10-/m1/s1. The Kier molecular flexibility index (Phi) is 4.26. The number of amides is 2. The van der Waals surface area contributed by atoms with Crippen molar-refractivity contribution in [1.29, 1.82) is 0 Å². The van der Waals surface area contributed by atoms with E-state index in [1.807, 2.05) is 6.92 Å². The molecular weight excluding hydrogens is 256 g/mol. The van der Waals surface area contributed by atoms with E-state index >= 15 is 0 Å². The highest BCUT2D eigenvalue weighted by molar-refractivity contribution is 5.75. The minimum Gasteiger partial charge on any atom is -0.394 e. The first-order chi connectivity index (χ1) is 8.99. The van der Waals surface area contributed by atoms with E-state index < -0.39 is 43.4 Å². The van der Waals surface area contributed by atoms with E-state index in [-0.39, 0.29) is 12.5 Å². The summed E-state index contributed by atoms with van der Waals surface area (Å²) in [5.74, 6) is -0.182. The molecule has 2 aliphatic heterocycles. The molecule has 5 N–H and O–H groups in total. The normalized spacial score (nSPS) is 43.4. The molecule has 8 heteroatoms. The van der Waals surface area contributed by atoms with Crippen molar-refractivity contribution in [3.8, 4) is 0 Å². The average Bonchev–Trinajstić information content (AvgIpc) is 2.67. The van der Waals surface area contributed by atoms with Gasteiger partial charge in [-0.05, 0) is 6.42 Å². The lowest BCUT2D eigenvalue weighted by atomic mass is 10.0. The summed E-state index contributed by atoms with van der Waals surface area (Å²) in [5.41, 5.74) is 0. The van der Waals surface area contributed by atoms with Crippen LogP contribution < -0.4 is 5.32 Å². The molecule has 2 unspecified atom stereocenters. The zero-order chi connectivity index (χ0) is 14.2. The number of ether oxygens (including phenoxy) is 1. The van der Waals surface area contributed by atoms with Gasteiger partial charge < -0.3 is 30.5 Å². The van der Waals surface area contributed by atoms with Crippen LogP contribution in [0.15, 0.2) is 0 Å². The van der Waals surface area contributed by atoms with Crippen LogP contribution in [0.3, 0.4) is 0 Å². The summed E-state index contributed by atoms with van der Waals surface area (Å²) in [7, 11) is 0. The first-order valence-corrected chi connectivity index (χ1v) is 6.37. The van der Waals surface area contributed by atoms with Crippen molar-refractivity contribution >= 4 is 6.03 Å². The molecule has 0 bridgehead atoms. The molecule has 110 valence electrons. The maximum atomic E-state index is 11.8. The molecule has 0 aromatic carbocycles. The minimum absolute atomic E-state index is 0.182. The lowest BCUT2D eigenvalue weighted by Gasteiger charge is -2.39. The van der Waals surface area contributed by atoms with Gasteiger partial charge in [-0.1, -0.05) is 6.92 Å². The summed E-state index contributed by atoms with van der Waals surface area (Å²) in [4.78, 5) is 13.1. The van der Waals surface area contributed by atoms with Gasteiger partial charge in [-0.15, -0.1) is 0 Å². The first-order valence-electron chi connectivity index (χ1n) is 6.37. The lowest BCUT2D eigenvalue weighted by Crippen LogP contribution is -2.61. The zero-order valence-corrected chi connectivity index (χ0v) is 10.6. The highest BCUT2D eigenvalue weighted by Crippen LogP contribution is 2.27. The summed E-state index contributed by atoms with van der Waals surface area (Å²) >= 11 is 0. The van der Waals surface area contributed by atoms with Crippen molar-refractivity contribution in [3.05, 3.63) is 0 Å². The van der Waals surface area contributed by atoms with E-state index in [0.717, 1.165) is 0 Å². The summed E-state index contributed by atoms with van der Waals surface area (Å²) in [5, 5.41) is 40.6. The fraction of sp³-hybridized carbons (Fsp3) is 0.909. The van der Waals surface area contributed by atoms with Crippen molar-refractivity contribution in [2.75, 3.05) is 13.2 Å². The first kappa shape index (κ1) is 14.5. The molecule has 0 spiro atoms. The molecule has 19 heavy (non-hydrogen) atoms. The number of carbonyl (C=O) groups is 1. The second-order valence-electron chi connectivity index (χ2n) is 4.94. The SMILES string of the molecule is CCC1CN([C@@H]2O[C@H](CO)[C@@H](O)[C@@H]2O)C(=O)NC1O. The molecule has 8 nitrogen and oxygen atoms in total. The van der Waals surface area contributed by atoms with E-state index in [4.69, 9.17) is 9.84 Å². The molecule has 2 rings (SSSR count). The molecule has 0 aliphatic carbocycles. The van der Waals surface area contributed by atoms with Crippen LogP contribution in [-0.4, -0.2) is 75.3 Å². The molecule has 2 heterocycles. The monoisotopic (exact) mass is 276 g/mol. The van der Waals surface area contributed by atoms with E-state index in [1.54, 1.807) is 0 Å². The van der Waals surface area contributed by atoms with Gasteiger partial charge >= 0.3 is 6.03 Å². The number of aliphatic hydroxyl groups excluding tert-OH is 4. The van der Waals surface area contributed by atoms with Crippen LogP contribution >= 0.6 is 0 Å². The Bertz CT molecular complexity index is 341. The fourth-order valence-corrected chi connectivity index (χ4v) is 2.47. The second-order valence-corrected chi connectivity index (χ2v) is 4.94. The predicted octanol–water partition coefficient (Wildman–Crippen LogP) is -2.20. The molecular formula is C11H20N2O6. The molecule has 0 aromatic rings. The maximum absolute atomic E-state index is 11.8. The third-order valence-electron chi connectivity index (χ3n) is 3.76. The summed E-state index contributed by atoms with van der Waals surface area (Å²) < 4.78 is 5.31. The van der Waals surface area contributed by atoms with Gasteiger partial charge in [0.25, 0.3) is 0 Å². The summed E-state index contributed by atoms with van der Waals surface area (Å²) in [6, 6.07) is -0.563. The predicted molar refractivity (Wildman–Crippen MR) is 62.8 cm³/mol. The number of aliphatic hydroxyl groups is 4. The quantitative estimate of drug-likeness (QED) is 0.398. The Morgan fingerprint density at radius 2 is 2.05 bits per heavy atom. The fourth-order valence-electron chi connectivity index (χ4n) is 2.47. The molecule has 0 aromatic heterocycles. The topological polar surface area (TPSA) is 122 Å². The number of rotatable bonds is 3. The van der Waals surface area contributed by atoms with Crippen molar-refractivity contribution in [2.24, 2.45) is 5.92 Å².